The molecule has 0 bridgehead atoms. The highest BCUT2D eigenvalue weighted by Crippen LogP contribution is 2.27. The molecule has 164 valence electrons. The molecule has 8 heteroatoms. The lowest BCUT2D eigenvalue weighted by molar-refractivity contribution is 0.0922. The second kappa shape index (κ2) is 10.8. The van der Waals surface area contributed by atoms with E-state index in [-0.39, 0.29) is 5.91 Å². The Labute approximate surface area is 183 Å². The molecule has 1 aliphatic rings. The van der Waals surface area contributed by atoms with Gasteiger partial charge in [0.25, 0.3) is 5.91 Å². The van der Waals surface area contributed by atoms with E-state index in [4.69, 9.17) is 9.40 Å². The van der Waals surface area contributed by atoms with Crippen molar-refractivity contribution < 1.29 is 9.21 Å². The van der Waals surface area contributed by atoms with E-state index in [0.29, 0.717) is 24.1 Å². The Morgan fingerprint density at radius 2 is 2.17 bits per heavy atom. The van der Waals surface area contributed by atoms with Crippen LogP contribution in [0.1, 0.15) is 55.1 Å². The van der Waals surface area contributed by atoms with Crippen LogP contribution in [-0.2, 0) is 12.2 Å². The zero-order valence-corrected chi connectivity index (χ0v) is 19.3. The number of anilines is 1. The molecule has 2 aromatic rings. The zero-order chi connectivity index (χ0) is 21.5. The molecule has 0 aliphatic carbocycles. The van der Waals surface area contributed by atoms with Gasteiger partial charge in [-0.1, -0.05) is 18.7 Å². The van der Waals surface area contributed by atoms with Crippen LogP contribution in [0.25, 0.3) is 0 Å². The smallest absolute Gasteiger partial charge is 0.287 e. The van der Waals surface area contributed by atoms with Crippen molar-refractivity contribution in [2.24, 2.45) is 0 Å². The number of nitrogens with zero attached hydrogens (tertiary/aromatic N) is 4. The van der Waals surface area contributed by atoms with Gasteiger partial charge in [-0.15, -0.1) is 0 Å². The molecule has 1 fully saturated rings. The summed E-state index contributed by atoms with van der Waals surface area (Å²) in [5.74, 6) is 2.52. The molecule has 2 aromatic heterocycles. The van der Waals surface area contributed by atoms with E-state index in [1.54, 1.807) is 17.8 Å². The van der Waals surface area contributed by atoms with Gasteiger partial charge in [0, 0.05) is 37.4 Å². The van der Waals surface area contributed by atoms with Crippen LogP contribution < -0.4 is 10.2 Å². The van der Waals surface area contributed by atoms with Gasteiger partial charge in [-0.05, 0) is 58.8 Å². The van der Waals surface area contributed by atoms with Crippen molar-refractivity contribution in [2.45, 2.75) is 56.5 Å². The Hall–Kier alpha value is -2.06. The van der Waals surface area contributed by atoms with Crippen molar-refractivity contribution in [1.82, 2.24) is 20.2 Å². The number of aryl methyl sites for hydroxylation is 1. The van der Waals surface area contributed by atoms with Crippen LogP contribution >= 0.6 is 11.8 Å². The van der Waals surface area contributed by atoms with Crippen molar-refractivity contribution in [3.8, 4) is 0 Å². The Balaban J connectivity index is 1.62. The highest BCUT2D eigenvalue weighted by atomic mass is 32.2. The lowest BCUT2D eigenvalue weighted by atomic mass is 10.0. The van der Waals surface area contributed by atoms with Crippen LogP contribution in [0.3, 0.4) is 0 Å². The lowest BCUT2D eigenvalue weighted by Crippen LogP contribution is -2.38. The standard InChI is InChI=1S/C22H33N5O2S/c1-5-17-14-20(27-12-7-6-8-16(27)2)25-22(24-17)30-15-18-9-10-19(29-18)21(28)23-11-13-26(3)4/h9-10,14,16H,5-8,11-13,15H2,1-4H3,(H,23,28)/t16-/m1/s1. The second-order valence-electron chi connectivity index (χ2n) is 8.01. The van der Waals surface area contributed by atoms with Gasteiger partial charge in [0.05, 0.1) is 5.75 Å². The number of carbonyl (C=O) groups excluding carboxylic acids is 1. The number of hydrogen-bond donors (Lipinski definition) is 1. The van der Waals surface area contributed by atoms with Crippen molar-refractivity contribution in [2.75, 3.05) is 38.6 Å². The van der Waals surface area contributed by atoms with Crippen LogP contribution in [-0.4, -0.2) is 60.5 Å². The van der Waals surface area contributed by atoms with E-state index < -0.39 is 0 Å². The Kier molecular flexibility index (Phi) is 8.16. The quantitative estimate of drug-likeness (QED) is 0.480. The number of amides is 1. The Morgan fingerprint density at radius 1 is 1.33 bits per heavy atom. The van der Waals surface area contributed by atoms with Gasteiger partial charge in [-0.25, -0.2) is 9.97 Å². The van der Waals surface area contributed by atoms with E-state index in [0.717, 1.165) is 41.9 Å². The molecule has 7 nitrogen and oxygen atoms in total. The van der Waals surface area contributed by atoms with Crippen molar-refractivity contribution >= 4 is 23.5 Å². The van der Waals surface area contributed by atoms with Crippen LogP contribution in [0.2, 0.25) is 0 Å². The molecule has 0 saturated carbocycles. The molecule has 1 saturated heterocycles. The maximum absolute atomic E-state index is 12.2. The summed E-state index contributed by atoms with van der Waals surface area (Å²) in [6.45, 7) is 6.82. The molecule has 0 aromatic carbocycles. The van der Waals surface area contributed by atoms with Crippen LogP contribution in [0.5, 0.6) is 0 Å². The van der Waals surface area contributed by atoms with Crippen LogP contribution in [0, 0.1) is 0 Å². The molecule has 1 amide bonds. The average molecular weight is 432 g/mol. The molecule has 0 radical (unpaired) electrons. The summed E-state index contributed by atoms with van der Waals surface area (Å²) in [7, 11) is 3.95. The third-order valence-corrected chi connectivity index (χ3v) is 6.15. The minimum atomic E-state index is -0.182. The van der Waals surface area contributed by atoms with Crippen molar-refractivity contribution in [1.29, 1.82) is 0 Å². The van der Waals surface area contributed by atoms with Crippen molar-refractivity contribution in [3.63, 3.8) is 0 Å². The van der Waals surface area contributed by atoms with Gasteiger partial charge in [0.2, 0.25) is 0 Å². The number of likely N-dealkylation sites (N-methyl/N-ethyl adjacent to an activating group) is 1. The summed E-state index contributed by atoms with van der Waals surface area (Å²) >= 11 is 1.55. The SMILES string of the molecule is CCc1cc(N2CCCC[C@H]2C)nc(SCc2ccc(C(=O)NCCN(C)C)o2)n1. The van der Waals surface area contributed by atoms with Gasteiger partial charge < -0.3 is 19.5 Å². The largest absolute Gasteiger partial charge is 0.455 e. The molecule has 1 atom stereocenters. The third-order valence-electron chi connectivity index (χ3n) is 5.28. The fourth-order valence-electron chi connectivity index (χ4n) is 3.48. The van der Waals surface area contributed by atoms with E-state index in [9.17, 15) is 4.79 Å². The summed E-state index contributed by atoms with van der Waals surface area (Å²) in [5, 5.41) is 3.63. The summed E-state index contributed by atoms with van der Waals surface area (Å²) in [4.78, 5) is 26.1. The summed E-state index contributed by atoms with van der Waals surface area (Å²) in [5.41, 5.74) is 1.06. The summed E-state index contributed by atoms with van der Waals surface area (Å²) in [6.07, 6.45) is 4.58. The first-order valence-corrected chi connectivity index (χ1v) is 11.7. The first-order valence-electron chi connectivity index (χ1n) is 10.7. The molecule has 0 spiro atoms. The predicted octanol–water partition coefficient (Wildman–Crippen LogP) is 3.59. The number of aromatic nitrogens is 2. The number of hydrogen-bond acceptors (Lipinski definition) is 7. The Bertz CT molecular complexity index is 839. The second-order valence-corrected chi connectivity index (χ2v) is 8.95. The third kappa shape index (κ3) is 6.22. The molecule has 30 heavy (non-hydrogen) atoms. The van der Waals surface area contributed by atoms with Gasteiger partial charge >= 0.3 is 0 Å². The maximum Gasteiger partial charge on any atom is 0.287 e. The lowest BCUT2D eigenvalue weighted by Gasteiger charge is -2.34. The monoisotopic (exact) mass is 431 g/mol. The zero-order valence-electron chi connectivity index (χ0n) is 18.5. The van der Waals surface area contributed by atoms with Gasteiger partial charge in [0.1, 0.15) is 11.6 Å². The van der Waals surface area contributed by atoms with Gasteiger partial charge in [-0.3, -0.25) is 4.79 Å². The predicted molar refractivity (Wildman–Crippen MR) is 121 cm³/mol. The number of thioether (sulfide) groups is 1. The average Bonchev–Trinajstić information content (AvgIpc) is 3.21. The molecule has 3 rings (SSSR count). The summed E-state index contributed by atoms with van der Waals surface area (Å²) in [6, 6.07) is 6.21. The molecular formula is C22H33N5O2S. The number of rotatable bonds is 9. The topological polar surface area (TPSA) is 74.5 Å². The molecule has 1 N–H and O–H groups in total. The number of piperidine rings is 1. The minimum absolute atomic E-state index is 0.182. The molecule has 0 unspecified atom stereocenters. The first-order chi connectivity index (χ1) is 14.5. The number of nitrogens with one attached hydrogen (secondary N) is 1. The fourth-order valence-corrected chi connectivity index (χ4v) is 4.25. The highest BCUT2D eigenvalue weighted by Gasteiger charge is 2.21. The number of carbonyl (C=O) groups is 1. The maximum atomic E-state index is 12.2. The fraction of sp³-hybridized carbons (Fsp3) is 0.591. The van der Waals surface area contributed by atoms with Crippen molar-refractivity contribution in [3.05, 3.63) is 35.4 Å². The normalized spacial score (nSPS) is 16.8. The van der Waals surface area contributed by atoms with E-state index in [2.05, 4.69) is 35.1 Å². The molecule has 1 aliphatic heterocycles. The molecule has 3 heterocycles. The van der Waals surface area contributed by atoms with E-state index >= 15 is 0 Å². The Morgan fingerprint density at radius 3 is 2.90 bits per heavy atom. The van der Waals surface area contributed by atoms with Gasteiger partial charge in [-0.2, -0.15) is 0 Å². The summed E-state index contributed by atoms with van der Waals surface area (Å²) < 4.78 is 5.73. The minimum Gasteiger partial charge on any atom is -0.455 e. The molecular weight excluding hydrogens is 398 g/mol. The van der Waals surface area contributed by atoms with Gasteiger partial charge in [0.15, 0.2) is 10.9 Å². The van der Waals surface area contributed by atoms with Crippen LogP contribution in [0.15, 0.2) is 27.8 Å². The van der Waals surface area contributed by atoms with E-state index in [1.165, 1.54) is 19.3 Å². The van der Waals surface area contributed by atoms with Crippen LogP contribution in [0.4, 0.5) is 5.82 Å². The number of furan rings is 1. The first kappa shape index (κ1) is 22.6. The van der Waals surface area contributed by atoms with E-state index in [1.807, 2.05) is 25.1 Å². The highest BCUT2D eigenvalue weighted by molar-refractivity contribution is 7.98.